The Morgan fingerprint density at radius 3 is 2.55 bits per heavy atom. The van der Waals surface area contributed by atoms with Gasteiger partial charge in [-0.1, -0.05) is 67.9 Å². The molecule has 3 aromatic carbocycles. The summed E-state index contributed by atoms with van der Waals surface area (Å²) >= 11 is 6.00. The minimum atomic E-state index is -0.788. The number of aromatic nitrogens is 1. The van der Waals surface area contributed by atoms with E-state index < -0.39 is 11.9 Å². The summed E-state index contributed by atoms with van der Waals surface area (Å²) in [4.78, 5) is 25.7. The van der Waals surface area contributed by atoms with Crippen molar-refractivity contribution in [2.24, 2.45) is 11.0 Å². The van der Waals surface area contributed by atoms with E-state index in [-0.39, 0.29) is 11.8 Å². The number of nitrogens with zero attached hydrogens (tertiary/aromatic N) is 3. The standard InChI is InChI=1S/C30H28ClN5O2/c1-19(2)28(34-29(37)21-11-8-12-24(31)15-21)30(38)35-33-17-26-20(3)36(27-14-7-6-13-25(26)27)18-23-10-5-4-9-22(23)16-32/h4-15,17,19,28H,18H2,1-3H3,(H,34,37)(H,35,38). The largest absolute Gasteiger partial charge is 0.340 e. The van der Waals surface area contributed by atoms with E-state index in [4.69, 9.17) is 11.6 Å². The second kappa shape index (κ2) is 11.8. The molecule has 1 unspecified atom stereocenters. The number of hydrogen-bond donors (Lipinski definition) is 2. The molecule has 0 aliphatic heterocycles. The smallest absolute Gasteiger partial charge is 0.262 e. The Kier molecular flexibility index (Phi) is 8.25. The molecule has 8 heteroatoms. The number of nitriles is 1. The van der Waals surface area contributed by atoms with E-state index in [1.54, 1.807) is 30.5 Å². The van der Waals surface area contributed by atoms with Crippen LogP contribution in [0.25, 0.3) is 10.9 Å². The Morgan fingerprint density at radius 1 is 1.08 bits per heavy atom. The van der Waals surface area contributed by atoms with Crippen LogP contribution in [0.4, 0.5) is 0 Å². The summed E-state index contributed by atoms with van der Waals surface area (Å²) in [6.45, 7) is 6.22. The lowest BCUT2D eigenvalue weighted by molar-refractivity contribution is -0.123. The Bertz CT molecular complexity index is 1560. The predicted octanol–water partition coefficient (Wildman–Crippen LogP) is 5.43. The van der Waals surface area contributed by atoms with Crippen LogP contribution in [0.2, 0.25) is 5.02 Å². The van der Waals surface area contributed by atoms with Gasteiger partial charge in [-0.15, -0.1) is 0 Å². The summed E-state index contributed by atoms with van der Waals surface area (Å²) in [6, 6.07) is 23.5. The van der Waals surface area contributed by atoms with Gasteiger partial charge in [0, 0.05) is 39.3 Å². The van der Waals surface area contributed by atoms with Crippen molar-refractivity contribution in [1.82, 2.24) is 15.3 Å². The van der Waals surface area contributed by atoms with Gasteiger partial charge < -0.3 is 9.88 Å². The van der Waals surface area contributed by atoms with Crippen LogP contribution in [0, 0.1) is 24.2 Å². The number of hydrogen-bond acceptors (Lipinski definition) is 4. The number of benzene rings is 3. The number of amides is 2. The van der Waals surface area contributed by atoms with Crippen molar-refractivity contribution in [2.75, 3.05) is 0 Å². The molecule has 0 saturated heterocycles. The van der Waals surface area contributed by atoms with Gasteiger partial charge in [-0.25, -0.2) is 5.43 Å². The predicted molar refractivity (Wildman–Crippen MR) is 150 cm³/mol. The van der Waals surface area contributed by atoms with E-state index in [2.05, 4.69) is 26.5 Å². The zero-order valence-electron chi connectivity index (χ0n) is 21.4. The molecule has 0 aliphatic carbocycles. The van der Waals surface area contributed by atoms with Crippen LogP contribution in [0.15, 0.2) is 77.9 Å². The number of rotatable bonds is 8. The topological polar surface area (TPSA) is 99.3 Å². The second-order valence-electron chi connectivity index (χ2n) is 9.31. The maximum absolute atomic E-state index is 13.0. The first-order chi connectivity index (χ1) is 18.3. The number of carbonyl (C=O) groups excluding carboxylic acids is 2. The Morgan fingerprint density at radius 2 is 1.82 bits per heavy atom. The Balaban J connectivity index is 1.55. The highest BCUT2D eigenvalue weighted by atomic mass is 35.5. The van der Waals surface area contributed by atoms with Crippen LogP contribution in [-0.4, -0.2) is 28.6 Å². The normalized spacial score (nSPS) is 12.0. The molecule has 1 heterocycles. The summed E-state index contributed by atoms with van der Waals surface area (Å²) in [5.41, 5.74) is 7.33. The molecule has 2 amide bonds. The fourth-order valence-corrected chi connectivity index (χ4v) is 4.57. The van der Waals surface area contributed by atoms with Crippen molar-refractivity contribution in [2.45, 2.75) is 33.4 Å². The molecule has 4 rings (SSSR count). The summed E-state index contributed by atoms with van der Waals surface area (Å²) in [5, 5.41) is 18.0. The Hall–Kier alpha value is -4.41. The van der Waals surface area contributed by atoms with E-state index in [1.165, 1.54) is 0 Å². The van der Waals surface area contributed by atoms with E-state index in [0.717, 1.165) is 27.7 Å². The van der Waals surface area contributed by atoms with Crippen molar-refractivity contribution < 1.29 is 9.59 Å². The maximum Gasteiger partial charge on any atom is 0.262 e. The maximum atomic E-state index is 13.0. The van der Waals surface area contributed by atoms with Gasteiger partial charge in [0.1, 0.15) is 6.04 Å². The van der Waals surface area contributed by atoms with Gasteiger partial charge in [-0.05, 0) is 48.7 Å². The van der Waals surface area contributed by atoms with Crippen molar-refractivity contribution >= 4 is 40.5 Å². The van der Waals surface area contributed by atoms with E-state index in [1.807, 2.05) is 69.3 Å². The van der Waals surface area contributed by atoms with Crippen LogP contribution in [0.3, 0.4) is 0 Å². The van der Waals surface area contributed by atoms with Crippen LogP contribution < -0.4 is 10.7 Å². The number of nitrogens with one attached hydrogen (secondary N) is 2. The molecule has 4 aromatic rings. The van der Waals surface area contributed by atoms with Gasteiger partial charge in [0.05, 0.1) is 17.8 Å². The zero-order chi connectivity index (χ0) is 27.2. The third-order valence-corrected chi connectivity index (χ3v) is 6.67. The zero-order valence-corrected chi connectivity index (χ0v) is 22.2. The fraction of sp³-hybridized carbons (Fsp3) is 0.200. The first-order valence-corrected chi connectivity index (χ1v) is 12.6. The molecule has 7 nitrogen and oxygen atoms in total. The molecular formula is C30H28ClN5O2. The van der Waals surface area contributed by atoms with Crippen molar-refractivity contribution in [3.63, 3.8) is 0 Å². The van der Waals surface area contributed by atoms with E-state index in [0.29, 0.717) is 22.7 Å². The number of hydrazone groups is 1. The average molecular weight is 526 g/mol. The van der Waals surface area contributed by atoms with Gasteiger partial charge >= 0.3 is 0 Å². The quantitative estimate of drug-likeness (QED) is 0.237. The summed E-state index contributed by atoms with van der Waals surface area (Å²) in [6.07, 6.45) is 1.62. The third-order valence-electron chi connectivity index (χ3n) is 6.44. The number of carbonyl (C=O) groups is 2. The molecule has 0 spiro atoms. The van der Waals surface area contributed by atoms with Gasteiger partial charge in [0.25, 0.3) is 11.8 Å². The molecule has 0 aliphatic rings. The highest BCUT2D eigenvalue weighted by molar-refractivity contribution is 6.31. The minimum absolute atomic E-state index is 0.169. The molecule has 2 N–H and O–H groups in total. The van der Waals surface area contributed by atoms with Crippen molar-refractivity contribution in [1.29, 1.82) is 5.26 Å². The van der Waals surface area contributed by atoms with Gasteiger partial charge in [0.15, 0.2) is 0 Å². The highest BCUT2D eigenvalue weighted by Gasteiger charge is 2.24. The molecule has 192 valence electrons. The monoisotopic (exact) mass is 525 g/mol. The van der Waals surface area contributed by atoms with Crippen molar-refractivity contribution in [3.05, 3.63) is 106 Å². The molecule has 0 saturated carbocycles. The molecule has 0 radical (unpaired) electrons. The van der Waals surface area contributed by atoms with Crippen LogP contribution in [0.5, 0.6) is 0 Å². The van der Waals surface area contributed by atoms with Crippen LogP contribution in [-0.2, 0) is 11.3 Å². The average Bonchev–Trinajstić information content (AvgIpc) is 3.17. The minimum Gasteiger partial charge on any atom is -0.340 e. The Labute approximate surface area is 226 Å². The first-order valence-electron chi connectivity index (χ1n) is 12.2. The second-order valence-corrected chi connectivity index (χ2v) is 9.75. The van der Waals surface area contributed by atoms with Gasteiger partial charge in [-0.3, -0.25) is 9.59 Å². The van der Waals surface area contributed by atoms with E-state index in [9.17, 15) is 14.9 Å². The highest BCUT2D eigenvalue weighted by Crippen LogP contribution is 2.26. The lowest BCUT2D eigenvalue weighted by Crippen LogP contribution is -2.48. The number of fused-ring (bicyclic) bond motifs is 1. The first kappa shape index (κ1) is 26.6. The van der Waals surface area contributed by atoms with E-state index >= 15 is 0 Å². The molecular weight excluding hydrogens is 498 g/mol. The third kappa shape index (κ3) is 5.77. The SMILES string of the molecule is Cc1c(C=NNC(=O)C(NC(=O)c2cccc(Cl)c2)C(C)C)c2ccccc2n1Cc1ccccc1C#N. The number of halogens is 1. The van der Waals surface area contributed by atoms with Gasteiger partial charge in [-0.2, -0.15) is 10.4 Å². The molecule has 1 aromatic heterocycles. The van der Waals surface area contributed by atoms with Crippen molar-refractivity contribution in [3.8, 4) is 6.07 Å². The number of para-hydroxylation sites is 1. The van der Waals surface area contributed by atoms with Gasteiger partial charge in [0.2, 0.25) is 0 Å². The molecule has 0 bridgehead atoms. The molecule has 38 heavy (non-hydrogen) atoms. The molecule has 0 fully saturated rings. The van der Waals surface area contributed by atoms with Crippen LogP contribution >= 0.6 is 11.6 Å². The summed E-state index contributed by atoms with van der Waals surface area (Å²) in [5.74, 6) is -0.977. The van der Waals surface area contributed by atoms with Crippen LogP contribution in [0.1, 0.15) is 46.6 Å². The fourth-order valence-electron chi connectivity index (χ4n) is 4.38. The summed E-state index contributed by atoms with van der Waals surface area (Å²) < 4.78 is 2.14. The summed E-state index contributed by atoms with van der Waals surface area (Å²) in [7, 11) is 0. The molecule has 1 atom stereocenters. The lowest BCUT2D eigenvalue weighted by Gasteiger charge is -2.20. The lowest BCUT2D eigenvalue weighted by atomic mass is 10.0.